The van der Waals surface area contributed by atoms with Crippen molar-refractivity contribution in [2.24, 2.45) is 0 Å². The van der Waals surface area contributed by atoms with Gasteiger partial charge in [0.15, 0.2) is 0 Å². The third-order valence-corrected chi connectivity index (χ3v) is 5.24. The van der Waals surface area contributed by atoms with Gasteiger partial charge in [0.25, 0.3) is 0 Å². The van der Waals surface area contributed by atoms with Gasteiger partial charge in [0, 0.05) is 15.8 Å². The highest BCUT2D eigenvalue weighted by atomic mass is 32.2. The van der Waals surface area contributed by atoms with Crippen molar-refractivity contribution in [2.45, 2.75) is 49.2 Å². The van der Waals surface area contributed by atoms with Crippen LogP contribution in [0, 0.1) is 6.92 Å². The molecule has 1 aromatic carbocycles. The Labute approximate surface area is 99.7 Å². The highest BCUT2D eigenvalue weighted by Crippen LogP contribution is 2.27. The fourth-order valence-electron chi connectivity index (χ4n) is 2.36. The lowest BCUT2D eigenvalue weighted by atomic mass is 10.0. The molecule has 2 nitrogen and oxygen atoms in total. The number of hydrogen-bond donors (Lipinski definition) is 1. The molecule has 1 aliphatic carbocycles. The van der Waals surface area contributed by atoms with Crippen molar-refractivity contribution in [3.8, 4) is 0 Å². The standard InChI is InChI=1S/C13H19NOS/c1-10-9-11(14)7-8-13(10)16(15)12-5-3-2-4-6-12/h7-9,12H,2-6,14H2,1H3. The predicted molar refractivity (Wildman–Crippen MR) is 68.9 cm³/mol. The van der Waals surface area contributed by atoms with E-state index in [1.165, 1.54) is 19.3 Å². The smallest absolute Gasteiger partial charge is 0.0563 e. The molecule has 16 heavy (non-hydrogen) atoms. The summed E-state index contributed by atoms with van der Waals surface area (Å²) in [6.45, 7) is 1.99. The molecule has 0 radical (unpaired) electrons. The van der Waals surface area contributed by atoms with E-state index < -0.39 is 10.8 Å². The Morgan fingerprint density at radius 1 is 1.25 bits per heavy atom. The molecule has 1 aromatic rings. The van der Waals surface area contributed by atoms with Gasteiger partial charge in [0.1, 0.15) is 0 Å². The zero-order valence-electron chi connectivity index (χ0n) is 9.74. The fraction of sp³-hybridized carbons (Fsp3) is 0.538. The van der Waals surface area contributed by atoms with Gasteiger partial charge in [-0.3, -0.25) is 4.21 Å². The molecule has 0 spiro atoms. The second-order valence-corrected chi connectivity index (χ2v) is 6.28. The third kappa shape index (κ3) is 2.46. The Hall–Kier alpha value is -0.830. The van der Waals surface area contributed by atoms with Crippen LogP contribution in [0.25, 0.3) is 0 Å². The summed E-state index contributed by atoms with van der Waals surface area (Å²) < 4.78 is 12.4. The fourth-order valence-corrected chi connectivity index (χ4v) is 4.06. The molecule has 1 fully saturated rings. The van der Waals surface area contributed by atoms with Crippen LogP contribution in [0.3, 0.4) is 0 Å². The average Bonchev–Trinajstić information content (AvgIpc) is 2.29. The molecule has 2 rings (SSSR count). The molecule has 88 valence electrons. The highest BCUT2D eigenvalue weighted by molar-refractivity contribution is 7.85. The van der Waals surface area contributed by atoms with E-state index in [1.54, 1.807) is 0 Å². The van der Waals surface area contributed by atoms with Crippen LogP contribution in [0.2, 0.25) is 0 Å². The Kier molecular flexibility index (Phi) is 3.64. The van der Waals surface area contributed by atoms with Crippen LogP contribution in [-0.4, -0.2) is 9.46 Å². The van der Waals surface area contributed by atoms with Gasteiger partial charge in [-0.05, 0) is 43.5 Å². The van der Waals surface area contributed by atoms with E-state index in [0.717, 1.165) is 29.0 Å². The van der Waals surface area contributed by atoms with E-state index in [4.69, 9.17) is 5.73 Å². The average molecular weight is 237 g/mol. The van der Waals surface area contributed by atoms with Crippen molar-refractivity contribution in [3.63, 3.8) is 0 Å². The maximum Gasteiger partial charge on any atom is 0.0563 e. The van der Waals surface area contributed by atoms with Gasteiger partial charge >= 0.3 is 0 Å². The summed E-state index contributed by atoms with van der Waals surface area (Å²) in [4.78, 5) is 0.973. The summed E-state index contributed by atoms with van der Waals surface area (Å²) >= 11 is 0. The molecule has 1 aliphatic rings. The van der Waals surface area contributed by atoms with E-state index in [2.05, 4.69) is 0 Å². The van der Waals surface area contributed by atoms with E-state index in [-0.39, 0.29) is 0 Å². The van der Waals surface area contributed by atoms with Gasteiger partial charge in [0.2, 0.25) is 0 Å². The van der Waals surface area contributed by atoms with Crippen LogP contribution in [-0.2, 0) is 10.8 Å². The molecule has 1 unspecified atom stereocenters. The summed E-state index contributed by atoms with van der Waals surface area (Å²) in [6, 6.07) is 5.69. The maximum atomic E-state index is 12.4. The zero-order valence-corrected chi connectivity index (χ0v) is 10.6. The van der Waals surface area contributed by atoms with Crippen LogP contribution in [0.5, 0.6) is 0 Å². The lowest BCUT2D eigenvalue weighted by Gasteiger charge is -2.21. The number of nitrogens with two attached hydrogens (primary N) is 1. The second-order valence-electron chi connectivity index (χ2n) is 4.58. The van der Waals surface area contributed by atoms with Crippen LogP contribution in [0.15, 0.2) is 23.1 Å². The first-order chi connectivity index (χ1) is 7.68. The molecule has 0 amide bonds. The van der Waals surface area contributed by atoms with E-state index >= 15 is 0 Å². The summed E-state index contributed by atoms with van der Waals surface area (Å²) in [5, 5.41) is 0.357. The zero-order chi connectivity index (χ0) is 11.5. The summed E-state index contributed by atoms with van der Waals surface area (Å²) in [7, 11) is -0.845. The van der Waals surface area contributed by atoms with Gasteiger partial charge in [-0.1, -0.05) is 19.3 Å². The van der Waals surface area contributed by atoms with Crippen LogP contribution in [0.4, 0.5) is 5.69 Å². The van der Waals surface area contributed by atoms with Crippen molar-refractivity contribution >= 4 is 16.5 Å². The summed E-state index contributed by atoms with van der Waals surface area (Å²) in [5.74, 6) is 0. The number of nitrogen functional groups attached to an aromatic ring is 1. The lowest BCUT2D eigenvalue weighted by Crippen LogP contribution is -2.19. The molecule has 1 atom stereocenters. The Bertz CT molecular complexity index is 397. The molecule has 1 saturated carbocycles. The largest absolute Gasteiger partial charge is 0.399 e. The first-order valence-corrected chi connectivity index (χ1v) is 7.16. The van der Waals surface area contributed by atoms with Crippen molar-refractivity contribution in [1.82, 2.24) is 0 Å². The molecule has 0 heterocycles. The van der Waals surface area contributed by atoms with Gasteiger partial charge in [-0.15, -0.1) is 0 Å². The SMILES string of the molecule is Cc1cc(N)ccc1S(=O)C1CCCCC1. The molecule has 0 saturated heterocycles. The Balaban J connectivity index is 2.19. The minimum absolute atomic E-state index is 0.357. The summed E-state index contributed by atoms with van der Waals surface area (Å²) in [5.41, 5.74) is 7.52. The van der Waals surface area contributed by atoms with Crippen molar-refractivity contribution in [2.75, 3.05) is 5.73 Å². The molecular formula is C13H19NOS. The monoisotopic (exact) mass is 237 g/mol. The molecule has 0 bridgehead atoms. The topological polar surface area (TPSA) is 43.1 Å². The minimum Gasteiger partial charge on any atom is -0.399 e. The molecular weight excluding hydrogens is 218 g/mol. The second kappa shape index (κ2) is 5.00. The minimum atomic E-state index is -0.845. The Morgan fingerprint density at radius 2 is 1.94 bits per heavy atom. The van der Waals surface area contributed by atoms with E-state index in [9.17, 15) is 4.21 Å². The molecule has 2 N–H and O–H groups in total. The predicted octanol–water partition coefficient (Wildman–Crippen LogP) is 3.02. The van der Waals surface area contributed by atoms with Gasteiger partial charge in [0.05, 0.1) is 10.8 Å². The third-order valence-electron chi connectivity index (χ3n) is 3.27. The van der Waals surface area contributed by atoms with Crippen molar-refractivity contribution in [3.05, 3.63) is 23.8 Å². The molecule has 3 heteroatoms. The lowest BCUT2D eigenvalue weighted by molar-refractivity contribution is 0.504. The van der Waals surface area contributed by atoms with Gasteiger partial charge in [-0.25, -0.2) is 0 Å². The number of hydrogen-bond acceptors (Lipinski definition) is 2. The number of benzene rings is 1. The molecule has 0 aliphatic heterocycles. The van der Waals surface area contributed by atoms with Crippen LogP contribution >= 0.6 is 0 Å². The number of anilines is 1. The maximum absolute atomic E-state index is 12.4. The van der Waals surface area contributed by atoms with Crippen LogP contribution < -0.4 is 5.73 Å². The normalized spacial score (nSPS) is 19.6. The first kappa shape index (κ1) is 11.6. The first-order valence-electron chi connectivity index (χ1n) is 5.95. The highest BCUT2D eigenvalue weighted by Gasteiger charge is 2.21. The number of aryl methyl sites for hydroxylation is 1. The van der Waals surface area contributed by atoms with E-state index in [0.29, 0.717) is 5.25 Å². The van der Waals surface area contributed by atoms with Crippen molar-refractivity contribution < 1.29 is 4.21 Å². The van der Waals surface area contributed by atoms with Crippen molar-refractivity contribution in [1.29, 1.82) is 0 Å². The van der Waals surface area contributed by atoms with Crippen LogP contribution in [0.1, 0.15) is 37.7 Å². The molecule has 0 aromatic heterocycles. The van der Waals surface area contributed by atoms with Gasteiger partial charge in [-0.2, -0.15) is 0 Å². The quantitative estimate of drug-likeness (QED) is 0.803. The number of rotatable bonds is 2. The Morgan fingerprint density at radius 3 is 2.56 bits per heavy atom. The summed E-state index contributed by atoms with van der Waals surface area (Å²) in [6.07, 6.45) is 5.97. The van der Waals surface area contributed by atoms with E-state index in [1.807, 2.05) is 25.1 Å². The van der Waals surface area contributed by atoms with Gasteiger partial charge < -0.3 is 5.73 Å².